The molecule has 0 atom stereocenters. The van der Waals surface area contributed by atoms with Crippen LogP contribution in [-0.2, 0) is 22.5 Å². The Kier molecular flexibility index (Phi) is 5.76. The van der Waals surface area contributed by atoms with E-state index in [0.29, 0.717) is 29.0 Å². The average molecular weight is 423 g/mol. The van der Waals surface area contributed by atoms with Crippen molar-refractivity contribution in [1.29, 1.82) is 0 Å². The summed E-state index contributed by atoms with van der Waals surface area (Å²) in [6.07, 6.45) is 2.57. The Bertz CT molecular complexity index is 1280. The number of fused-ring (bicyclic) bond motifs is 2. The Hall–Kier alpha value is -3.26. The van der Waals surface area contributed by atoms with E-state index in [1.807, 2.05) is 36.5 Å². The van der Waals surface area contributed by atoms with Crippen molar-refractivity contribution in [1.82, 2.24) is 14.5 Å². The normalized spacial score (nSPS) is 11.1. The molecule has 2 aromatic carbocycles. The third-order valence-electron chi connectivity index (χ3n) is 4.95. The lowest BCUT2D eigenvalue weighted by Gasteiger charge is -2.12. The van der Waals surface area contributed by atoms with E-state index in [1.54, 1.807) is 23.8 Å². The molecule has 0 bridgehead atoms. The van der Waals surface area contributed by atoms with Crippen molar-refractivity contribution < 1.29 is 14.3 Å². The molecule has 0 aliphatic heterocycles. The number of para-hydroxylation sites is 1. The van der Waals surface area contributed by atoms with Crippen LogP contribution in [0.15, 0.2) is 58.6 Å². The van der Waals surface area contributed by atoms with Gasteiger partial charge in [0, 0.05) is 23.6 Å². The minimum atomic E-state index is -0.363. The highest BCUT2D eigenvalue weighted by atomic mass is 32.2. The first-order valence-electron chi connectivity index (χ1n) is 9.44. The second-order valence-corrected chi connectivity index (χ2v) is 7.65. The molecular formula is C22H21N3O4S. The number of aromatic nitrogens is 3. The molecule has 8 heteroatoms. The number of esters is 1. The summed E-state index contributed by atoms with van der Waals surface area (Å²) in [7, 11) is 2.98. The highest BCUT2D eigenvalue weighted by Crippen LogP contribution is 2.25. The Morgan fingerprint density at radius 3 is 2.80 bits per heavy atom. The van der Waals surface area contributed by atoms with Gasteiger partial charge in [-0.3, -0.25) is 14.2 Å². The summed E-state index contributed by atoms with van der Waals surface area (Å²) in [5, 5.41) is 2.11. The summed E-state index contributed by atoms with van der Waals surface area (Å²) < 4.78 is 11.7. The standard InChI is InChI=1S/C22H21N3O4S/c1-28-15-7-8-18-17(11-15)14(12-23-18)9-10-25-21(27)16-5-3-4-6-19(16)24-22(25)30-13-20(26)29-2/h3-8,11-12,23H,9-10,13H2,1-2H3. The molecule has 4 rings (SSSR count). The number of carbonyl (C=O) groups is 1. The van der Waals surface area contributed by atoms with Gasteiger partial charge in [0.15, 0.2) is 5.16 Å². The predicted octanol–water partition coefficient (Wildman–Crippen LogP) is 3.39. The quantitative estimate of drug-likeness (QED) is 0.279. The molecule has 2 aromatic heterocycles. The van der Waals surface area contributed by atoms with Crippen LogP contribution in [0.2, 0.25) is 0 Å². The van der Waals surface area contributed by atoms with E-state index in [9.17, 15) is 9.59 Å². The SMILES string of the molecule is COC(=O)CSc1nc2ccccc2c(=O)n1CCc1c[nH]c2ccc(OC)cc12. The zero-order valence-corrected chi connectivity index (χ0v) is 17.5. The number of aromatic amines is 1. The lowest BCUT2D eigenvalue weighted by Crippen LogP contribution is -2.24. The Morgan fingerprint density at radius 2 is 2.00 bits per heavy atom. The number of nitrogens with one attached hydrogen (secondary N) is 1. The molecular weight excluding hydrogens is 402 g/mol. The van der Waals surface area contributed by atoms with E-state index in [2.05, 4.69) is 9.97 Å². The van der Waals surface area contributed by atoms with Crippen LogP contribution in [0.1, 0.15) is 5.56 Å². The molecule has 4 aromatic rings. The number of carbonyl (C=O) groups excluding carboxylic acids is 1. The van der Waals surface area contributed by atoms with Gasteiger partial charge in [0.25, 0.3) is 5.56 Å². The number of methoxy groups -OCH3 is 2. The number of thioether (sulfide) groups is 1. The fourth-order valence-electron chi connectivity index (χ4n) is 3.36. The molecule has 0 amide bonds. The Morgan fingerprint density at radius 1 is 1.17 bits per heavy atom. The van der Waals surface area contributed by atoms with Crippen molar-refractivity contribution in [3.8, 4) is 5.75 Å². The molecule has 7 nitrogen and oxygen atoms in total. The number of H-pyrrole nitrogens is 1. The minimum absolute atomic E-state index is 0.0889. The first-order valence-corrected chi connectivity index (χ1v) is 10.4. The molecule has 0 radical (unpaired) electrons. The van der Waals surface area contributed by atoms with Gasteiger partial charge in [-0.25, -0.2) is 4.98 Å². The van der Waals surface area contributed by atoms with E-state index in [0.717, 1.165) is 22.2 Å². The lowest BCUT2D eigenvalue weighted by molar-refractivity contribution is -0.137. The van der Waals surface area contributed by atoms with Gasteiger partial charge in [-0.1, -0.05) is 23.9 Å². The van der Waals surface area contributed by atoms with E-state index in [1.165, 1.54) is 18.9 Å². The van der Waals surface area contributed by atoms with E-state index < -0.39 is 0 Å². The van der Waals surface area contributed by atoms with Crippen LogP contribution in [-0.4, -0.2) is 40.5 Å². The van der Waals surface area contributed by atoms with Crippen molar-refractivity contribution in [2.45, 2.75) is 18.1 Å². The van der Waals surface area contributed by atoms with Crippen LogP contribution in [0, 0.1) is 0 Å². The van der Waals surface area contributed by atoms with Gasteiger partial charge in [-0.15, -0.1) is 0 Å². The number of rotatable bonds is 7. The van der Waals surface area contributed by atoms with Crippen molar-refractivity contribution >= 4 is 39.5 Å². The van der Waals surface area contributed by atoms with E-state index >= 15 is 0 Å². The van der Waals surface area contributed by atoms with Crippen molar-refractivity contribution in [3.05, 3.63) is 64.6 Å². The van der Waals surface area contributed by atoms with Crippen LogP contribution >= 0.6 is 11.8 Å². The van der Waals surface area contributed by atoms with Gasteiger partial charge in [0.05, 0.1) is 30.9 Å². The molecule has 154 valence electrons. The molecule has 0 unspecified atom stereocenters. The summed E-state index contributed by atoms with van der Waals surface area (Å²) in [5.74, 6) is 0.505. The second-order valence-electron chi connectivity index (χ2n) is 6.71. The molecule has 0 spiro atoms. The number of ether oxygens (including phenoxy) is 2. The predicted molar refractivity (Wildman–Crippen MR) is 117 cm³/mol. The summed E-state index contributed by atoms with van der Waals surface area (Å²) >= 11 is 1.21. The number of aryl methyl sites for hydroxylation is 1. The third kappa shape index (κ3) is 3.91. The highest BCUT2D eigenvalue weighted by Gasteiger charge is 2.14. The zero-order chi connectivity index (χ0) is 21.1. The average Bonchev–Trinajstić information content (AvgIpc) is 3.19. The van der Waals surface area contributed by atoms with Crippen LogP contribution in [0.3, 0.4) is 0 Å². The van der Waals surface area contributed by atoms with Crippen molar-refractivity contribution in [2.24, 2.45) is 0 Å². The van der Waals surface area contributed by atoms with Gasteiger partial charge < -0.3 is 14.5 Å². The van der Waals surface area contributed by atoms with Gasteiger partial charge in [-0.05, 0) is 42.3 Å². The molecule has 30 heavy (non-hydrogen) atoms. The summed E-state index contributed by atoms with van der Waals surface area (Å²) in [4.78, 5) is 32.7. The summed E-state index contributed by atoms with van der Waals surface area (Å²) in [6.45, 7) is 0.435. The van der Waals surface area contributed by atoms with Crippen molar-refractivity contribution in [3.63, 3.8) is 0 Å². The Balaban J connectivity index is 1.69. The Labute approximate surface area is 177 Å². The van der Waals surface area contributed by atoms with Gasteiger partial charge in [0.1, 0.15) is 5.75 Å². The third-order valence-corrected chi connectivity index (χ3v) is 5.90. The topological polar surface area (TPSA) is 86.2 Å². The number of hydrogen-bond donors (Lipinski definition) is 1. The zero-order valence-electron chi connectivity index (χ0n) is 16.7. The van der Waals surface area contributed by atoms with Crippen LogP contribution in [0.25, 0.3) is 21.8 Å². The number of hydrogen-bond acceptors (Lipinski definition) is 6. The van der Waals surface area contributed by atoms with E-state index in [-0.39, 0.29) is 17.3 Å². The number of benzene rings is 2. The highest BCUT2D eigenvalue weighted by molar-refractivity contribution is 7.99. The number of nitrogens with zero attached hydrogens (tertiary/aromatic N) is 2. The second kappa shape index (κ2) is 8.62. The fourth-order valence-corrected chi connectivity index (χ4v) is 4.22. The van der Waals surface area contributed by atoms with Crippen LogP contribution < -0.4 is 10.3 Å². The van der Waals surface area contributed by atoms with Gasteiger partial charge >= 0.3 is 5.97 Å². The maximum atomic E-state index is 13.2. The van der Waals surface area contributed by atoms with Crippen molar-refractivity contribution in [2.75, 3.05) is 20.0 Å². The molecule has 2 heterocycles. The maximum absolute atomic E-state index is 13.2. The van der Waals surface area contributed by atoms with Crippen LogP contribution in [0.5, 0.6) is 5.75 Å². The first kappa shape index (κ1) is 20.0. The molecule has 1 N–H and O–H groups in total. The lowest BCUT2D eigenvalue weighted by atomic mass is 10.1. The van der Waals surface area contributed by atoms with Gasteiger partial charge in [-0.2, -0.15) is 0 Å². The minimum Gasteiger partial charge on any atom is -0.497 e. The molecule has 0 aliphatic rings. The molecule has 0 aliphatic carbocycles. The monoisotopic (exact) mass is 423 g/mol. The maximum Gasteiger partial charge on any atom is 0.316 e. The molecule has 0 fully saturated rings. The van der Waals surface area contributed by atoms with Crippen LogP contribution in [0.4, 0.5) is 0 Å². The van der Waals surface area contributed by atoms with E-state index in [4.69, 9.17) is 9.47 Å². The largest absolute Gasteiger partial charge is 0.497 e. The molecule has 0 saturated carbocycles. The summed E-state index contributed by atoms with van der Waals surface area (Å²) in [5.41, 5.74) is 2.58. The smallest absolute Gasteiger partial charge is 0.316 e. The fraction of sp³-hybridized carbons (Fsp3) is 0.227. The first-order chi connectivity index (χ1) is 14.6. The van der Waals surface area contributed by atoms with Gasteiger partial charge in [0.2, 0.25) is 0 Å². The molecule has 0 saturated heterocycles. The summed E-state index contributed by atoms with van der Waals surface area (Å²) in [6, 6.07) is 13.1.